The molecule has 0 radical (unpaired) electrons. The smallest absolute Gasteiger partial charge is 0.260 e. The van der Waals surface area contributed by atoms with E-state index in [2.05, 4.69) is 4.90 Å². The summed E-state index contributed by atoms with van der Waals surface area (Å²) in [6.45, 7) is 4.47. The Kier molecular flexibility index (Phi) is 6.69. The van der Waals surface area contributed by atoms with E-state index in [0.717, 1.165) is 0 Å². The van der Waals surface area contributed by atoms with Crippen LogP contribution in [0, 0.1) is 0 Å². The van der Waals surface area contributed by atoms with E-state index in [1.54, 1.807) is 34.1 Å². The Morgan fingerprint density at radius 1 is 1.06 bits per heavy atom. The molecular formula is C24H28ClN3O4. The third kappa shape index (κ3) is 4.75. The fraction of sp³-hybridized carbons (Fsp3) is 0.417. The maximum Gasteiger partial charge on any atom is 0.260 e. The van der Waals surface area contributed by atoms with Crippen molar-refractivity contribution in [2.75, 3.05) is 45.9 Å². The molecule has 2 amide bonds. The van der Waals surface area contributed by atoms with E-state index in [1.165, 1.54) is 0 Å². The van der Waals surface area contributed by atoms with Gasteiger partial charge in [-0.1, -0.05) is 29.8 Å². The first kappa shape index (κ1) is 22.6. The van der Waals surface area contributed by atoms with Crippen molar-refractivity contribution in [1.29, 1.82) is 0 Å². The molecule has 0 unspecified atom stereocenters. The fourth-order valence-electron chi connectivity index (χ4n) is 4.59. The predicted octanol–water partition coefficient (Wildman–Crippen LogP) is 2.14. The van der Waals surface area contributed by atoms with Crippen LogP contribution in [0.2, 0.25) is 5.02 Å². The third-order valence-electron chi connectivity index (χ3n) is 6.32. The molecule has 7 nitrogen and oxygen atoms in total. The van der Waals surface area contributed by atoms with Crippen molar-refractivity contribution in [1.82, 2.24) is 14.7 Å². The first-order valence-corrected chi connectivity index (χ1v) is 11.2. The first-order valence-electron chi connectivity index (χ1n) is 10.8. The van der Waals surface area contributed by atoms with Gasteiger partial charge in [-0.05, 0) is 43.3 Å². The van der Waals surface area contributed by atoms with Gasteiger partial charge in [-0.2, -0.15) is 0 Å². The summed E-state index contributed by atoms with van der Waals surface area (Å²) < 4.78 is 5.63. The normalized spacial score (nSPS) is 23.5. The Morgan fingerprint density at radius 2 is 1.75 bits per heavy atom. The molecule has 2 fully saturated rings. The van der Waals surface area contributed by atoms with E-state index in [1.807, 2.05) is 37.3 Å². The number of amides is 2. The number of aliphatic hydroxyl groups excluding tert-OH is 1. The van der Waals surface area contributed by atoms with Gasteiger partial charge >= 0.3 is 0 Å². The summed E-state index contributed by atoms with van der Waals surface area (Å²) in [6.07, 6.45) is 0. The van der Waals surface area contributed by atoms with Crippen LogP contribution in [-0.2, 0) is 4.79 Å². The second kappa shape index (κ2) is 9.48. The number of piperazine rings is 2. The summed E-state index contributed by atoms with van der Waals surface area (Å²) >= 11 is 5.96. The molecular weight excluding hydrogens is 430 g/mol. The summed E-state index contributed by atoms with van der Waals surface area (Å²) in [4.78, 5) is 31.7. The fourth-order valence-corrected chi connectivity index (χ4v) is 4.72. The summed E-state index contributed by atoms with van der Waals surface area (Å²) in [6, 6.07) is 16.0. The van der Waals surface area contributed by atoms with Crippen molar-refractivity contribution >= 4 is 23.4 Å². The van der Waals surface area contributed by atoms with Crippen LogP contribution in [-0.4, -0.2) is 89.1 Å². The highest BCUT2D eigenvalue weighted by molar-refractivity contribution is 6.30. The minimum atomic E-state index is -0.569. The van der Waals surface area contributed by atoms with Crippen molar-refractivity contribution in [3.05, 3.63) is 65.2 Å². The van der Waals surface area contributed by atoms with Gasteiger partial charge in [-0.15, -0.1) is 0 Å². The van der Waals surface area contributed by atoms with Crippen LogP contribution < -0.4 is 4.74 Å². The lowest BCUT2D eigenvalue weighted by Gasteiger charge is -2.56. The number of nitrogens with zero attached hydrogens (tertiary/aromatic N) is 3. The molecule has 2 aromatic carbocycles. The van der Waals surface area contributed by atoms with Crippen LogP contribution in [0.5, 0.6) is 5.75 Å². The van der Waals surface area contributed by atoms with Crippen LogP contribution >= 0.6 is 11.6 Å². The lowest BCUT2D eigenvalue weighted by Crippen LogP contribution is -2.72. The van der Waals surface area contributed by atoms with Gasteiger partial charge in [0.05, 0.1) is 12.1 Å². The molecule has 0 spiro atoms. The number of carbonyl (C=O) groups is 2. The van der Waals surface area contributed by atoms with Crippen molar-refractivity contribution in [3.63, 3.8) is 0 Å². The molecule has 2 saturated heterocycles. The molecule has 1 N–H and O–H groups in total. The highest BCUT2D eigenvalue weighted by Crippen LogP contribution is 2.29. The van der Waals surface area contributed by atoms with Gasteiger partial charge < -0.3 is 19.6 Å². The van der Waals surface area contributed by atoms with E-state index in [-0.39, 0.29) is 31.1 Å². The quantitative estimate of drug-likeness (QED) is 0.744. The van der Waals surface area contributed by atoms with E-state index in [4.69, 9.17) is 16.3 Å². The van der Waals surface area contributed by atoms with Gasteiger partial charge in [0.1, 0.15) is 5.75 Å². The van der Waals surface area contributed by atoms with E-state index < -0.39 is 5.54 Å². The van der Waals surface area contributed by atoms with Crippen molar-refractivity contribution in [3.8, 4) is 5.75 Å². The largest absolute Gasteiger partial charge is 0.484 e. The molecule has 0 saturated carbocycles. The van der Waals surface area contributed by atoms with Gasteiger partial charge in [0, 0.05) is 49.4 Å². The first-order chi connectivity index (χ1) is 15.4. The lowest BCUT2D eigenvalue weighted by molar-refractivity contribution is -0.142. The Labute approximate surface area is 193 Å². The van der Waals surface area contributed by atoms with Crippen LogP contribution in [0.1, 0.15) is 17.3 Å². The molecule has 0 aliphatic carbocycles. The Bertz CT molecular complexity index is 955. The summed E-state index contributed by atoms with van der Waals surface area (Å²) in [5.41, 5.74) is -0.0103. The maximum absolute atomic E-state index is 13.1. The molecule has 2 aliphatic rings. The van der Waals surface area contributed by atoms with Crippen LogP contribution in [0.3, 0.4) is 0 Å². The molecule has 8 heteroatoms. The molecule has 2 heterocycles. The number of hydrogen-bond acceptors (Lipinski definition) is 5. The number of aliphatic hydroxyl groups is 1. The Hall–Kier alpha value is -2.61. The number of hydrogen-bond donors (Lipinski definition) is 1. The van der Waals surface area contributed by atoms with Crippen LogP contribution in [0.25, 0.3) is 0 Å². The summed E-state index contributed by atoms with van der Waals surface area (Å²) in [5, 5.41) is 10.8. The highest BCUT2D eigenvalue weighted by atomic mass is 35.5. The average Bonchev–Trinajstić information content (AvgIpc) is 2.82. The Morgan fingerprint density at radius 3 is 2.44 bits per heavy atom. The molecule has 170 valence electrons. The number of benzene rings is 2. The molecule has 4 rings (SSSR count). The van der Waals surface area contributed by atoms with Gasteiger partial charge in [0.2, 0.25) is 0 Å². The average molecular weight is 458 g/mol. The van der Waals surface area contributed by atoms with E-state index >= 15 is 0 Å². The van der Waals surface area contributed by atoms with Crippen molar-refractivity contribution in [2.24, 2.45) is 0 Å². The van der Waals surface area contributed by atoms with Crippen molar-refractivity contribution < 1.29 is 19.4 Å². The zero-order valence-electron chi connectivity index (χ0n) is 18.1. The minimum Gasteiger partial charge on any atom is -0.484 e. The summed E-state index contributed by atoms with van der Waals surface area (Å²) in [7, 11) is 0. The highest BCUT2D eigenvalue weighted by Gasteiger charge is 2.46. The zero-order valence-corrected chi connectivity index (χ0v) is 18.9. The SMILES string of the molecule is C[C@@]1(CO)CN(C(=O)c2ccc(Cl)cc2)C[C@@H]2CN(C(=O)COc3ccccc3)CCN21. The van der Waals surface area contributed by atoms with Gasteiger partial charge in [0.15, 0.2) is 6.61 Å². The standard InChI is InChI=1S/C24H28ClN3O4/c1-24(17-29)16-27(23(31)18-7-9-19(25)10-8-18)14-20-13-26(11-12-28(20)24)22(30)15-32-21-5-3-2-4-6-21/h2-10,20,29H,11-17H2,1H3/t20-,24-/m0/s1. The number of rotatable bonds is 5. The molecule has 2 aliphatic heterocycles. The monoisotopic (exact) mass is 457 g/mol. The predicted molar refractivity (Wildman–Crippen MR) is 122 cm³/mol. The number of halogens is 1. The van der Waals surface area contributed by atoms with Crippen LogP contribution in [0.4, 0.5) is 0 Å². The molecule has 32 heavy (non-hydrogen) atoms. The topological polar surface area (TPSA) is 73.3 Å². The van der Waals surface area contributed by atoms with Crippen molar-refractivity contribution in [2.45, 2.75) is 18.5 Å². The summed E-state index contributed by atoms with van der Waals surface area (Å²) in [5.74, 6) is 0.474. The van der Waals surface area contributed by atoms with Crippen LogP contribution in [0.15, 0.2) is 54.6 Å². The number of ether oxygens (including phenoxy) is 1. The minimum absolute atomic E-state index is 0.0264. The number of fused-ring (bicyclic) bond motifs is 1. The lowest BCUT2D eigenvalue weighted by atomic mass is 9.91. The third-order valence-corrected chi connectivity index (χ3v) is 6.57. The Balaban J connectivity index is 1.45. The van der Waals surface area contributed by atoms with E-state index in [9.17, 15) is 14.7 Å². The van der Waals surface area contributed by atoms with Gasteiger partial charge in [-0.25, -0.2) is 0 Å². The molecule has 0 bridgehead atoms. The molecule has 2 atom stereocenters. The maximum atomic E-state index is 13.1. The molecule has 2 aromatic rings. The van der Waals surface area contributed by atoms with Gasteiger partial charge in [0.25, 0.3) is 11.8 Å². The number of para-hydroxylation sites is 1. The van der Waals surface area contributed by atoms with E-state index in [0.29, 0.717) is 49.1 Å². The van der Waals surface area contributed by atoms with Gasteiger partial charge in [-0.3, -0.25) is 14.5 Å². The second-order valence-corrected chi connectivity index (χ2v) is 9.07. The second-order valence-electron chi connectivity index (χ2n) is 8.64. The zero-order chi connectivity index (χ0) is 22.7. The molecule has 0 aromatic heterocycles. The number of carbonyl (C=O) groups excluding carboxylic acids is 2.